The molecule has 0 spiro atoms. The number of alkyl halides is 1. The molecular weight excluding hydrogens is 240 g/mol. The van der Waals surface area contributed by atoms with E-state index in [2.05, 4.69) is 5.32 Å². The van der Waals surface area contributed by atoms with Gasteiger partial charge in [0.1, 0.15) is 0 Å². The van der Waals surface area contributed by atoms with E-state index in [0.717, 1.165) is 25.1 Å². The Morgan fingerprint density at radius 1 is 1.14 bits per heavy atom. The third-order valence-corrected chi connectivity index (χ3v) is 2.81. The molecule has 0 fully saturated rings. The van der Waals surface area contributed by atoms with Crippen molar-refractivity contribution in [3.8, 4) is 0 Å². The minimum Gasteiger partial charge on any atom is -0.313 e. The van der Waals surface area contributed by atoms with Crippen molar-refractivity contribution < 1.29 is 0 Å². The Morgan fingerprint density at radius 2 is 1.93 bits per heavy atom. The van der Waals surface area contributed by atoms with E-state index in [1.165, 1.54) is 0 Å². The van der Waals surface area contributed by atoms with Crippen LogP contribution in [0.1, 0.15) is 12.0 Å². The first kappa shape index (κ1) is 12.1. The molecule has 1 aromatic rings. The van der Waals surface area contributed by atoms with Crippen molar-refractivity contribution in [1.82, 2.24) is 5.32 Å². The lowest BCUT2D eigenvalue weighted by Gasteiger charge is -2.04. The Labute approximate surface area is 99.4 Å². The summed E-state index contributed by atoms with van der Waals surface area (Å²) in [6.07, 6.45) is 0.975. The molecule has 0 aromatic heterocycles. The molecule has 0 saturated heterocycles. The molecule has 0 heterocycles. The number of hydrogen-bond donors (Lipinski definition) is 1. The van der Waals surface area contributed by atoms with Crippen LogP contribution < -0.4 is 5.32 Å². The summed E-state index contributed by atoms with van der Waals surface area (Å²) in [4.78, 5) is 0. The van der Waals surface area contributed by atoms with Crippen LogP contribution in [0.25, 0.3) is 0 Å². The molecule has 0 radical (unpaired) electrons. The highest BCUT2D eigenvalue weighted by Gasteiger charge is 1.98. The van der Waals surface area contributed by atoms with Crippen LogP contribution in [0.5, 0.6) is 0 Å². The van der Waals surface area contributed by atoms with Gasteiger partial charge in [0, 0.05) is 12.4 Å². The monoisotopic (exact) mass is 251 g/mol. The maximum Gasteiger partial charge on any atom is 0.0595 e. The summed E-state index contributed by atoms with van der Waals surface area (Å²) in [5, 5.41) is 4.46. The molecule has 0 bridgehead atoms. The summed E-state index contributed by atoms with van der Waals surface area (Å²) in [6, 6.07) is 5.64. The standard InChI is InChI=1S/C10H12Cl3N/c11-4-1-5-14-7-8-2-3-9(12)10(13)6-8/h2-3,6,14H,1,4-5,7H2. The van der Waals surface area contributed by atoms with Gasteiger partial charge in [-0.15, -0.1) is 11.6 Å². The lowest BCUT2D eigenvalue weighted by molar-refractivity contribution is 0.678. The average molecular weight is 253 g/mol. The summed E-state index contributed by atoms with van der Waals surface area (Å²) in [5.41, 5.74) is 1.13. The number of halogens is 3. The second-order valence-corrected chi connectivity index (χ2v) is 4.16. The van der Waals surface area contributed by atoms with Gasteiger partial charge in [-0.1, -0.05) is 29.3 Å². The van der Waals surface area contributed by atoms with Crippen LogP contribution in [0, 0.1) is 0 Å². The first-order chi connectivity index (χ1) is 6.74. The van der Waals surface area contributed by atoms with Crippen LogP contribution in [-0.4, -0.2) is 12.4 Å². The van der Waals surface area contributed by atoms with Gasteiger partial charge in [-0.05, 0) is 30.7 Å². The zero-order valence-corrected chi connectivity index (χ0v) is 9.96. The largest absolute Gasteiger partial charge is 0.313 e. The normalized spacial score (nSPS) is 10.5. The lowest BCUT2D eigenvalue weighted by atomic mass is 10.2. The van der Waals surface area contributed by atoms with Gasteiger partial charge >= 0.3 is 0 Å². The molecular formula is C10H12Cl3N. The molecule has 4 heteroatoms. The summed E-state index contributed by atoms with van der Waals surface area (Å²) in [7, 11) is 0. The van der Waals surface area contributed by atoms with Crippen LogP contribution in [0.4, 0.5) is 0 Å². The van der Waals surface area contributed by atoms with Gasteiger partial charge in [0.05, 0.1) is 10.0 Å². The minimum absolute atomic E-state index is 0.594. The van der Waals surface area contributed by atoms with Crippen LogP contribution >= 0.6 is 34.8 Å². The lowest BCUT2D eigenvalue weighted by Crippen LogP contribution is -2.14. The summed E-state index contributed by atoms with van der Waals surface area (Å²) >= 11 is 17.2. The molecule has 1 aromatic carbocycles. The summed E-state index contributed by atoms with van der Waals surface area (Å²) in [5.74, 6) is 0.689. The average Bonchev–Trinajstić information content (AvgIpc) is 2.18. The van der Waals surface area contributed by atoms with E-state index in [0.29, 0.717) is 15.9 Å². The first-order valence-corrected chi connectivity index (χ1v) is 5.73. The van der Waals surface area contributed by atoms with Crippen LogP contribution in [-0.2, 0) is 6.54 Å². The van der Waals surface area contributed by atoms with E-state index < -0.39 is 0 Å². The molecule has 0 unspecified atom stereocenters. The highest BCUT2D eigenvalue weighted by atomic mass is 35.5. The fraction of sp³-hybridized carbons (Fsp3) is 0.400. The third-order valence-electron chi connectivity index (χ3n) is 1.80. The number of nitrogens with one attached hydrogen (secondary N) is 1. The third kappa shape index (κ3) is 4.05. The van der Waals surface area contributed by atoms with Gasteiger partial charge in [0.2, 0.25) is 0 Å². The van der Waals surface area contributed by atoms with E-state index in [1.807, 2.05) is 18.2 Å². The molecule has 0 amide bonds. The van der Waals surface area contributed by atoms with Crippen LogP contribution in [0.15, 0.2) is 18.2 Å². The summed E-state index contributed by atoms with van der Waals surface area (Å²) < 4.78 is 0. The molecule has 78 valence electrons. The fourth-order valence-corrected chi connectivity index (χ4v) is 1.53. The Kier molecular flexibility index (Phi) is 5.64. The predicted octanol–water partition coefficient (Wildman–Crippen LogP) is 3.71. The van der Waals surface area contributed by atoms with Crippen molar-refractivity contribution in [3.63, 3.8) is 0 Å². The van der Waals surface area contributed by atoms with E-state index in [4.69, 9.17) is 34.8 Å². The first-order valence-electron chi connectivity index (χ1n) is 4.44. The maximum atomic E-state index is 5.87. The smallest absolute Gasteiger partial charge is 0.0595 e. The quantitative estimate of drug-likeness (QED) is 0.622. The molecule has 14 heavy (non-hydrogen) atoms. The molecule has 0 atom stereocenters. The predicted molar refractivity (Wildman–Crippen MR) is 63.5 cm³/mol. The maximum absolute atomic E-state index is 5.87. The van der Waals surface area contributed by atoms with E-state index in [-0.39, 0.29) is 0 Å². The van der Waals surface area contributed by atoms with Crippen molar-refractivity contribution >= 4 is 34.8 Å². The van der Waals surface area contributed by atoms with E-state index in [9.17, 15) is 0 Å². The van der Waals surface area contributed by atoms with Gasteiger partial charge in [0.15, 0.2) is 0 Å². The zero-order valence-electron chi connectivity index (χ0n) is 7.69. The molecule has 0 aliphatic rings. The van der Waals surface area contributed by atoms with Gasteiger partial charge < -0.3 is 5.32 Å². The molecule has 0 aliphatic carbocycles. The number of benzene rings is 1. The Balaban J connectivity index is 2.39. The van der Waals surface area contributed by atoms with Crippen molar-refractivity contribution in [3.05, 3.63) is 33.8 Å². The molecule has 0 saturated carbocycles. The summed E-state index contributed by atoms with van der Waals surface area (Å²) in [6.45, 7) is 1.72. The van der Waals surface area contributed by atoms with Gasteiger partial charge in [-0.25, -0.2) is 0 Å². The Hall–Kier alpha value is 0.0500. The Morgan fingerprint density at radius 3 is 2.57 bits per heavy atom. The fourth-order valence-electron chi connectivity index (χ4n) is 1.07. The highest BCUT2D eigenvalue weighted by molar-refractivity contribution is 6.42. The highest BCUT2D eigenvalue weighted by Crippen LogP contribution is 2.22. The van der Waals surface area contributed by atoms with E-state index >= 15 is 0 Å². The van der Waals surface area contributed by atoms with Crippen molar-refractivity contribution in [2.75, 3.05) is 12.4 Å². The second-order valence-electron chi connectivity index (χ2n) is 2.97. The van der Waals surface area contributed by atoms with Crippen LogP contribution in [0.2, 0.25) is 10.0 Å². The SMILES string of the molecule is ClCCCNCc1ccc(Cl)c(Cl)c1. The number of rotatable bonds is 5. The van der Waals surface area contributed by atoms with Crippen LogP contribution in [0.3, 0.4) is 0 Å². The number of hydrogen-bond acceptors (Lipinski definition) is 1. The molecule has 0 aliphatic heterocycles. The van der Waals surface area contributed by atoms with Crippen molar-refractivity contribution in [2.45, 2.75) is 13.0 Å². The molecule has 1 N–H and O–H groups in total. The minimum atomic E-state index is 0.594. The van der Waals surface area contributed by atoms with Gasteiger partial charge in [0.25, 0.3) is 0 Å². The molecule has 1 rings (SSSR count). The second kappa shape index (κ2) is 6.52. The van der Waals surface area contributed by atoms with Crippen molar-refractivity contribution in [1.29, 1.82) is 0 Å². The van der Waals surface area contributed by atoms with Gasteiger partial charge in [-0.3, -0.25) is 0 Å². The van der Waals surface area contributed by atoms with E-state index in [1.54, 1.807) is 0 Å². The van der Waals surface area contributed by atoms with Gasteiger partial charge in [-0.2, -0.15) is 0 Å². The van der Waals surface area contributed by atoms with Crippen molar-refractivity contribution in [2.24, 2.45) is 0 Å². The topological polar surface area (TPSA) is 12.0 Å². The zero-order chi connectivity index (χ0) is 10.4. The Bertz CT molecular complexity index is 289. The molecule has 1 nitrogen and oxygen atoms in total.